The minimum Gasteiger partial charge on any atom is -0.480 e. The van der Waals surface area contributed by atoms with E-state index in [1.54, 1.807) is 6.92 Å². The third-order valence-electron chi connectivity index (χ3n) is 3.12. The number of hydrogen-bond donors (Lipinski definition) is 2. The number of nitrogens with zero attached hydrogens (tertiary/aromatic N) is 1. The van der Waals surface area contributed by atoms with Crippen LogP contribution in [0.15, 0.2) is 41.1 Å². The Labute approximate surface area is 121 Å². The van der Waals surface area contributed by atoms with E-state index in [0.29, 0.717) is 18.4 Å². The van der Waals surface area contributed by atoms with Gasteiger partial charge >= 0.3 is 5.97 Å². The summed E-state index contributed by atoms with van der Waals surface area (Å²) in [7, 11) is 0. The molecular formula is C15H16N2O4. The molecule has 1 heterocycles. The predicted octanol–water partition coefficient (Wildman–Crippen LogP) is 1.80. The van der Waals surface area contributed by atoms with Gasteiger partial charge in [0, 0.05) is 5.56 Å². The van der Waals surface area contributed by atoms with Crippen LogP contribution in [0.1, 0.15) is 28.1 Å². The number of aryl methyl sites for hydroxylation is 2. The molecule has 0 radical (unpaired) electrons. The maximum atomic E-state index is 11.9. The molecule has 2 aromatic rings. The van der Waals surface area contributed by atoms with Gasteiger partial charge in [0.2, 0.25) is 5.76 Å². The average molecular weight is 288 g/mol. The highest BCUT2D eigenvalue weighted by atomic mass is 16.5. The Balaban J connectivity index is 1.98. The number of carbonyl (C=O) groups excluding carboxylic acids is 1. The third-order valence-corrected chi connectivity index (χ3v) is 3.12. The summed E-state index contributed by atoms with van der Waals surface area (Å²) >= 11 is 0. The molecule has 1 aromatic carbocycles. The van der Waals surface area contributed by atoms with Crippen molar-refractivity contribution < 1.29 is 19.2 Å². The molecule has 0 saturated heterocycles. The average Bonchev–Trinajstić information content (AvgIpc) is 2.90. The summed E-state index contributed by atoms with van der Waals surface area (Å²) < 4.78 is 4.81. The molecule has 1 aromatic heterocycles. The molecule has 0 fully saturated rings. The van der Waals surface area contributed by atoms with Gasteiger partial charge in [0.25, 0.3) is 5.91 Å². The van der Waals surface area contributed by atoms with E-state index in [1.165, 1.54) is 6.20 Å². The number of carboxylic acid groups (broad SMARTS) is 1. The summed E-state index contributed by atoms with van der Waals surface area (Å²) in [6.45, 7) is 1.67. The molecule has 1 unspecified atom stereocenters. The summed E-state index contributed by atoms with van der Waals surface area (Å²) in [4.78, 5) is 23.2. The minimum absolute atomic E-state index is 0.0426. The van der Waals surface area contributed by atoms with Gasteiger partial charge in [0.05, 0.1) is 6.20 Å². The number of aliphatic carboxylic acids is 1. The van der Waals surface area contributed by atoms with Crippen molar-refractivity contribution in [3.05, 3.63) is 53.4 Å². The van der Waals surface area contributed by atoms with Crippen LogP contribution in [0.5, 0.6) is 0 Å². The van der Waals surface area contributed by atoms with Gasteiger partial charge in [-0.3, -0.25) is 4.79 Å². The molecule has 0 aliphatic heterocycles. The topological polar surface area (TPSA) is 92.4 Å². The molecule has 0 aliphatic rings. The maximum absolute atomic E-state index is 11.9. The SMILES string of the molecule is Cc1cnoc1C(=O)NC(CCc1ccccc1)C(=O)O. The first kappa shape index (κ1) is 14.8. The van der Waals surface area contributed by atoms with Gasteiger partial charge in [0.1, 0.15) is 6.04 Å². The van der Waals surface area contributed by atoms with Gasteiger partial charge in [-0.05, 0) is 25.3 Å². The highest BCUT2D eigenvalue weighted by molar-refractivity contribution is 5.95. The maximum Gasteiger partial charge on any atom is 0.326 e. The van der Waals surface area contributed by atoms with Crippen molar-refractivity contribution in [3.63, 3.8) is 0 Å². The van der Waals surface area contributed by atoms with Crippen molar-refractivity contribution in [1.29, 1.82) is 0 Å². The quantitative estimate of drug-likeness (QED) is 0.845. The standard InChI is InChI=1S/C15H16N2O4/c1-10-9-16-21-13(10)14(18)17-12(15(19)20)8-7-11-5-3-2-4-6-11/h2-6,9,12H,7-8H2,1H3,(H,17,18)(H,19,20). The summed E-state index contributed by atoms with van der Waals surface area (Å²) in [6.07, 6.45) is 2.28. The van der Waals surface area contributed by atoms with Crippen LogP contribution in [0, 0.1) is 6.92 Å². The Bertz CT molecular complexity index is 622. The Hall–Kier alpha value is -2.63. The molecule has 0 bridgehead atoms. The number of hydrogen-bond acceptors (Lipinski definition) is 4. The number of carboxylic acids is 1. The molecule has 1 amide bonds. The molecule has 21 heavy (non-hydrogen) atoms. The highest BCUT2D eigenvalue weighted by Gasteiger charge is 2.23. The highest BCUT2D eigenvalue weighted by Crippen LogP contribution is 2.09. The van der Waals surface area contributed by atoms with E-state index in [9.17, 15) is 14.7 Å². The number of nitrogens with one attached hydrogen (secondary N) is 1. The molecule has 0 saturated carbocycles. The molecule has 1 atom stereocenters. The fourth-order valence-corrected chi connectivity index (χ4v) is 1.95. The fourth-order valence-electron chi connectivity index (χ4n) is 1.95. The van der Waals surface area contributed by atoms with E-state index in [2.05, 4.69) is 10.5 Å². The van der Waals surface area contributed by atoms with E-state index in [-0.39, 0.29) is 5.76 Å². The largest absolute Gasteiger partial charge is 0.480 e. The Morgan fingerprint density at radius 2 is 2.05 bits per heavy atom. The van der Waals surface area contributed by atoms with Gasteiger partial charge in [-0.1, -0.05) is 35.5 Å². The van der Waals surface area contributed by atoms with Crippen molar-refractivity contribution in [2.45, 2.75) is 25.8 Å². The molecule has 0 spiro atoms. The minimum atomic E-state index is -1.07. The first-order valence-corrected chi connectivity index (χ1v) is 6.57. The van der Waals surface area contributed by atoms with Gasteiger partial charge < -0.3 is 14.9 Å². The zero-order valence-corrected chi connectivity index (χ0v) is 11.6. The number of rotatable bonds is 6. The Morgan fingerprint density at radius 3 is 2.62 bits per heavy atom. The van der Waals surface area contributed by atoms with E-state index in [0.717, 1.165) is 5.56 Å². The monoisotopic (exact) mass is 288 g/mol. The Morgan fingerprint density at radius 1 is 1.33 bits per heavy atom. The summed E-state index contributed by atoms with van der Waals surface area (Å²) in [6, 6.07) is 8.54. The lowest BCUT2D eigenvalue weighted by Gasteiger charge is -2.13. The molecular weight excluding hydrogens is 272 g/mol. The van der Waals surface area contributed by atoms with E-state index in [1.807, 2.05) is 30.3 Å². The smallest absolute Gasteiger partial charge is 0.326 e. The number of carbonyl (C=O) groups is 2. The first-order chi connectivity index (χ1) is 10.1. The van der Waals surface area contributed by atoms with Crippen molar-refractivity contribution >= 4 is 11.9 Å². The molecule has 6 heteroatoms. The molecule has 0 aliphatic carbocycles. The van der Waals surface area contributed by atoms with Crippen LogP contribution >= 0.6 is 0 Å². The van der Waals surface area contributed by atoms with Crippen molar-refractivity contribution in [2.75, 3.05) is 0 Å². The van der Waals surface area contributed by atoms with Crippen molar-refractivity contribution in [3.8, 4) is 0 Å². The second-order valence-electron chi connectivity index (χ2n) is 4.73. The van der Waals surface area contributed by atoms with Crippen LogP contribution in [0.4, 0.5) is 0 Å². The molecule has 6 nitrogen and oxygen atoms in total. The first-order valence-electron chi connectivity index (χ1n) is 6.57. The van der Waals surface area contributed by atoms with Crippen LogP contribution in [-0.4, -0.2) is 28.2 Å². The lowest BCUT2D eigenvalue weighted by atomic mass is 10.1. The summed E-state index contributed by atoms with van der Waals surface area (Å²) in [5.74, 6) is -1.59. The Kier molecular flexibility index (Phi) is 4.71. The van der Waals surface area contributed by atoms with E-state index < -0.39 is 17.9 Å². The second-order valence-corrected chi connectivity index (χ2v) is 4.73. The van der Waals surface area contributed by atoms with Crippen molar-refractivity contribution in [1.82, 2.24) is 10.5 Å². The van der Waals surface area contributed by atoms with E-state index in [4.69, 9.17) is 4.52 Å². The lowest BCUT2D eigenvalue weighted by Crippen LogP contribution is -2.41. The number of aromatic nitrogens is 1. The number of benzene rings is 1. The van der Waals surface area contributed by atoms with Gasteiger partial charge in [0.15, 0.2) is 0 Å². The lowest BCUT2D eigenvalue weighted by molar-refractivity contribution is -0.139. The van der Waals surface area contributed by atoms with Crippen LogP contribution in [0.25, 0.3) is 0 Å². The third kappa shape index (κ3) is 3.92. The number of amides is 1. The molecule has 2 rings (SSSR count). The van der Waals surface area contributed by atoms with Crippen LogP contribution < -0.4 is 5.32 Å². The summed E-state index contributed by atoms with van der Waals surface area (Å²) in [5.41, 5.74) is 1.59. The van der Waals surface area contributed by atoms with Crippen molar-refractivity contribution in [2.24, 2.45) is 0 Å². The summed E-state index contributed by atoms with van der Waals surface area (Å²) in [5, 5.41) is 15.2. The van der Waals surface area contributed by atoms with E-state index >= 15 is 0 Å². The molecule has 110 valence electrons. The normalized spacial score (nSPS) is 11.9. The predicted molar refractivity (Wildman–Crippen MR) is 74.9 cm³/mol. The zero-order chi connectivity index (χ0) is 15.2. The van der Waals surface area contributed by atoms with Gasteiger partial charge in [-0.15, -0.1) is 0 Å². The fraction of sp³-hybridized carbons (Fsp3) is 0.267. The van der Waals surface area contributed by atoms with Crippen LogP contribution in [0.3, 0.4) is 0 Å². The zero-order valence-electron chi connectivity index (χ0n) is 11.6. The van der Waals surface area contributed by atoms with Gasteiger partial charge in [-0.2, -0.15) is 0 Å². The molecule has 2 N–H and O–H groups in total. The second kappa shape index (κ2) is 6.69. The van der Waals surface area contributed by atoms with Crippen LogP contribution in [0.2, 0.25) is 0 Å². The van der Waals surface area contributed by atoms with Crippen LogP contribution in [-0.2, 0) is 11.2 Å². The van der Waals surface area contributed by atoms with Gasteiger partial charge in [-0.25, -0.2) is 4.79 Å².